The highest BCUT2D eigenvalue weighted by molar-refractivity contribution is 7.85. The maximum Gasteiger partial charge on any atom is 0.389 e. The Morgan fingerprint density at radius 1 is 1.32 bits per heavy atom. The molecule has 0 aliphatic rings. The molecule has 0 aromatic heterocycles. The first-order chi connectivity index (χ1) is 8.70. The van der Waals surface area contributed by atoms with Crippen molar-refractivity contribution in [1.29, 1.82) is 0 Å². The lowest BCUT2D eigenvalue weighted by molar-refractivity contribution is -0.134. The van der Waals surface area contributed by atoms with E-state index in [0.29, 0.717) is 0 Å². The Hall–Kier alpha value is -1.44. The second-order valence-electron chi connectivity index (χ2n) is 3.72. The molecule has 0 heterocycles. The van der Waals surface area contributed by atoms with Gasteiger partial charge in [-0.15, -0.1) is 0 Å². The standard InChI is InChI=1S/C11H10F4O3S/c12-8-3-2-7(10(16)17)6-9(8)19(18)5-1-4-11(13,14)15/h2-3,6H,1,4-5H2,(H,16,17). The van der Waals surface area contributed by atoms with E-state index in [4.69, 9.17) is 5.11 Å². The van der Waals surface area contributed by atoms with Crippen molar-refractivity contribution in [2.45, 2.75) is 23.9 Å². The minimum Gasteiger partial charge on any atom is -0.478 e. The number of hydrogen-bond donors (Lipinski definition) is 1. The van der Waals surface area contributed by atoms with Crippen LogP contribution in [0.15, 0.2) is 23.1 Å². The third kappa shape index (κ3) is 4.98. The van der Waals surface area contributed by atoms with Crippen molar-refractivity contribution in [2.75, 3.05) is 5.75 Å². The molecule has 0 fully saturated rings. The van der Waals surface area contributed by atoms with Crippen LogP contribution in [0, 0.1) is 5.82 Å². The zero-order valence-electron chi connectivity index (χ0n) is 9.54. The third-order valence-corrected chi connectivity index (χ3v) is 3.68. The van der Waals surface area contributed by atoms with E-state index in [2.05, 4.69) is 0 Å². The number of carbonyl (C=O) groups is 1. The number of carboxylic acids is 1. The highest BCUT2D eigenvalue weighted by atomic mass is 32.2. The Bertz CT molecular complexity index is 499. The normalized spacial score (nSPS) is 13.3. The second-order valence-corrected chi connectivity index (χ2v) is 5.26. The topological polar surface area (TPSA) is 54.4 Å². The molecule has 0 radical (unpaired) electrons. The van der Waals surface area contributed by atoms with Gasteiger partial charge in [-0.25, -0.2) is 9.18 Å². The summed E-state index contributed by atoms with van der Waals surface area (Å²) in [6, 6.07) is 2.70. The van der Waals surface area contributed by atoms with Crippen molar-refractivity contribution in [1.82, 2.24) is 0 Å². The highest BCUT2D eigenvalue weighted by Crippen LogP contribution is 2.23. The fourth-order valence-corrected chi connectivity index (χ4v) is 2.49. The maximum absolute atomic E-state index is 13.3. The van der Waals surface area contributed by atoms with Gasteiger partial charge < -0.3 is 5.11 Å². The van der Waals surface area contributed by atoms with Gasteiger partial charge in [-0.3, -0.25) is 4.21 Å². The number of rotatable bonds is 5. The van der Waals surface area contributed by atoms with Crippen LogP contribution in [0.3, 0.4) is 0 Å². The second kappa shape index (κ2) is 6.14. The first-order valence-corrected chi connectivity index (χ1v) is 6.50. The first-order valence-electron chi connectivity index (χ1n) is 5.18. The predicted octanol–water partition coefficient (Wildman–Crippen LogP) is 2.97. The van der Waals surface area contributed by atoms with E-state index in [0.717, 1.165) is 18.2 Å². The average Bonchev–Trinajstić information content (AvgIpc) is 2.27. The Labute approximate surface area is 108 Å². The van der Waals surface area contributed by atoms with Crippen LogP contribution >= 0.6 is 0 Å². The van der Waals surface area contributed by atoms with Gasteiger partial charge in [-0.2, -0.15) is 13.2 Å². The summed E-state index contributed by atoms with van der Waals surface area (Å²) >= 11 is 0. The summed E-state index contributed by atoms with van der Waals surface area (Å²) in [7, 11) is -1.99. The van der Waals surface area contributed by atoms with Crippen LogP contribution in [0.25, 0.3) is 0 Å². The van der Waals surface area contributed by atoms with E-state index >= 15 is 0 Å². The smallest absolute Gasteiger partial charge is 0.389 e. The van der Waals surface area contributed by atoms with Crippen LogP contribution < -0.4 is 0 Å². The Morgan fingerprint density at radius 3 is 2.47 bits per heavy atom. The van der Waals surface area contributed by atoms with E-state index in [1.165, 1.54) is 0 Å². The number of aromatic carboxylic acids is 1. The summed E-state index contributed by atoms with van der Waals surface area (Å²) in [5, 5.41) is 8.69. The molecule has 0 bridgehead atoms. The van der Waals surface area contributed by atoms with Crippen molar-refractivity contribution in [2.24, 2.45) is 0 Å². The van der Waals surface area contributed by atoms with E-state index in [9.17, 15) is 26.6 Å². The molecular weight excluding hydrogens is 288 g/mol. The first kappa shape index (κ1) is 15.6. The minimum absolute atomic E-state index is 0.263. The Balaban J connectivity index is 2.76. The summed E-state index contributed by atoms with van der Waals surface area (Å²) in [5.41, 5.74) is -0.263. The molecule has 0 amide bonds. The van der Waals surface area contributed by atoms with Gasteiger partial charge in [0.05, 0.1) is 21.3 Å². The third-order valence-electron chi connectivity index (χ3n) is 2.21. The fourth-order valence-electron chi connectivity index (χ4n) is 1.32. The molecular formula is C11H10F4O3S. The van der Waals surface area contributed by atoms with Gasteiger partial charge in [0.15, 0.2) is 0 Å². The molecule has 0 spiro atoms. The van der Waals surface area contributed by atoms with E-state index in [-0.39, 0.29) is 16.2 Å². The molecule has 106 valence electrons. The molecule has 0 aliphatic carbocycles. The van der Waals surface area contributed by atoms with Crippen molar-refractivity contribution in [3.8, 4) is 0 Å². The number of carboxylic acid groups (broad SMARTS) is 1. The molecule has 8 heteroatoms. The highest BCUT2D eigenvalue weighted by Gasteiger charge is 2.26. The Morgan fingerprint density at radius 2 is 1.95 bits per heavy atom. The van der Waals surface area contributed by atoms with Gasteiger partial charge in [0.2, 0.25) is 0 Å². The average molecular weight is 298 g/mol. The molecule has 0 saturated carbocycles. The number of hydrogen-bond acceptors (Lipinski definition) is 2. The van der Waals surface area contributed by atoms with Crippen molar-refractivity contribution >= 4 is 16.8 Å². The van der Waals surface area contributed by atoms with Crippen LogP contribution in [0.1, 0.15) is 23.2 Å². The molecule has 0 aliphatic heterocycles. The van der Waals surface area contributed by atoms with Crippen LogP contribution in [0.4, 0.5) is 17.6 Å². The summed E-state index contributed by atoms with van der Waals surface area (Å²) in [6.07, 6.45) is -5.88. The van der Waals surface area contributed by atoms with E-state index in [1.54, 1.807) is 0 Å². The van der Waals surface area contributed by atoms with Gasteiger partial charge in [0.25, 0.3) is 0 Å². The number of alkyl halides is 3. The molecule has 1 unspecified atom stereocenters. The van der Waals surface area contributed by atoms with Crippen LogP contribution in [-0.2, 0) is 10.8 Å². The van der Waals surface area contributed by atoms with Gasteiger partial charge >= 0.3 is 12.1 Å². The fraction of sp³-hybridized carbons (Fsp3) is 0.364. The predicted molar refractivity (Wildman–Crippen MR) is 59.9 cm³/mol. The van der Waals surface area contributed by atoms with Gasteiger partial charge in [-0.1, -0.05) is 0 Å². The quantitative estimate of drug-likeness (QED) is 0.850. The largest absolute Gasteiger partial charge is 0.478 e. The number of halogens is 4. The van der Waals surface area contributed by atoms with Crippen LogP contribution in [0.5, 0.6) is 0 Å². The lowest BCUT2D eigenvalue weighted by Crippen LogP contribution is -2.10. The van der Waals surface area contributed by atoms with Gasteiger partial charge in [0.1, 0.15) is 5.82 Å². The van der Waals surface area contributed by atoms with E-state index in [1.807, 2.05) is 0 Å². The molecule has 1 aromatic rings. The van der Waals surface area contributed by atoms with Gasteiger partial charge in [-0.05, 0) is 24.6 Å². The monoisotopic (exact) mass is 298 g/mol. The molecule has 1 aromatic carbocycles. The zero-order chi connectivity index (χ0) is 14.6. The Kier molecular flexibility index (Phi) is 5.04. The summed E-state index contributed by atoms with van der Waals surface area (Å²) < 4.78 is 60.7. The van der Waals surface area contributed by atoms with Crippen LogP contribution in [-0.4, -0.2) is 27.2 Å². The maximum atomic E-state index is 13.3. The molecule has 1 atom stereocenters. The molecule has 3 nitrogen and oxygen atoms in total. The summed E-state index contributed by atoms with van der Waals surface area (Å²) in [4.78, 5) is 10.3. The van der Waals surface area contributed by atoms with Gasteiger partial charge in [0, 0.05) is 12.2 Å². The van der Waals surface area contributed by atoms with Crippen LogP contribution in [0.2, 0.25) is 0 Å². The molecule has 19 heavy (non-hydrogen) atoms. The van der Waals surface area contributed by atoms with Crippen molar-refractivity contribution < 1.29 is 31.7 Å². The number of benzene rings is 1. The van der Waals surface area contributed by atoms with Crippen molar-refractivity contribution in [3.05, 3.63) is 29.6 Å². The molecule has 1 N–H and O–H groups in total. The minimum atomic E-state index is -4.36. The molecule has 1 rings (SSSR count). The zero-order valence-corrected chi connectivity index (χ0v) is 10.4. The lowest BCUT2D eigenvalue weighted by atomic mass is 10.2. The van der Waals surface area contributed by atoms with E-state index < -0.39 is 41.6 Å². The van der Waals surface area contributed by atoms with Crippen molar-refractivity contribution in [3.63, 3.8) is 0 Å². The summed E-state index contributed by atoms with van der Waals surface area (Å²) in [6.45, 7) is 0. The molecule has 0 saturated heterocycles. The SMILES string of the molecule is O=C(O)c1ccc(F)c(S(=O)CCCC(F)(F)F)c1. The summed E-state index contributed by atoms with van der Waals surface area (Å²) in [5.74, 6) is -2.59. The lowest BCUT2D eigenvalue weighted by Gasteiger charge is -2.07.